The fraction of sp³-hybridized carbons (Fsp3) is 0.364. The Labute approximate surface area is 179 Å². The van der Waals surface area contributed by atoms with E-state index in [1.165, 1.54) is 13.2 Å². The molecule has 9 nitrogen and oxygen atoms in total. The van der Waals surface area contributed by atoms with Gasteiger partial charge in [-0.25, -0.2) is 14.8 Å². The molecule has 4 rings (SSSR count). The number of methoxy groups -OCH3 is 1. The van der Waals surface area contributed by atoms with Crippen LogP contribution in [0.5, 0.6) is 5.75 Å². The summed E-state index contributed by atoms with van der Waals surface area (Å²) < 4.78 is 10.6. The quantitative estimate of drug-likeness (QED) is 0.638. The Morgan fingerprint density at radius 2 is 1.81 bits per heavy atom. The molecule has 1 aliphatic heterocycles. The molecule has 0 unspecified atom stereocenters. The predicted molar refractivity (Wildman–Crippen MR) is 118 cm³/mol. The summed E-state index contributed by atoms with van der Waals surface area (Å²) in [6.07, 6.45) is 0. The summed E-state index contributed by atoms with van der Waals surface area (Å²) >= 11 is 0. The Hall–Kier alpha value is -3.46. The van der Waals surface area contributed by atoms with E-state index in [0.29, 0.717) is 39.7 Å². The normalized spacial score (nSPS) is 14.6. The molecule has 3 aromatic rings. The number of hydrogen-bond acceptors (Lipinski definition) is 8. The lowest BCUT2D eigenvalue weighted by atomic mass is 10.1. The van der Waals surface area contributed by atoms with Crippen LogP contribution in [0.25, 0.3) is 11.0 Å². The minimum Gasteiger partial charge on any atom is -0.493 e. The standard InChI is InChI=1S/C22H25N5O4/c1-13-18(14(2)24-22(23-13)27-10-8-26(3)9-11-27)25-20(28)16-12-15-6-5-7-17(30-4)19(15)31-21(16)29/h5-7,12H,8-11H2,1-4H3,(H,25,28). The van der Waals surface area contributed by atoms with Crippen LogP contribution in [0.4, 0.5) is 11.6 Å². The number of carbonyl (C=O) groups excluding carboxylic acids is 1. The molecular weight excluding hydrogens is 398 g/mol. The number of ether oxygens (including phenoxy) is 1. The zero-order valence-corrected chi connectivity index (χ0v) is 18.1. The number of nitrogens with one attached hydrogen (secondary N) is 1. The number of nitrogens with zero attached hydrogens (tertiary/aromatic N) is 4. The number of aromatic nitrogens is 2. The monoisotopic (exact) mass is 423 g/mol. The minimum atomic E-state index is -0.736. The fourth-order valence-electron chi connectivity index (χ4n) is 3.65. The molecule has 3 heterocycles. The van der Waals surface area contributed by atoms with Gasteiger partial charge in [0.15, 0.2) is 11.3 Å². The maximum Gasteiger partial charge on any atom is 0.349 e. The van der Waals surface area contributed by atoms with E-state index in [-0.39, 0.29) is 5.56 Å². The SMILES string of the molecule is COc1cccc2cc(C(=O)Nc3c(C)nc(N4CCN(C)CC4)nc3C)c(=O)oc12. The topological polar surface area (TPSA) is 101 Å². The Balaban J connectivity index is 1.61. The minimum absolute atomic E-state index is 0.0947. The van der Waals surface area contributed by atoms with Gasteiger partial charge < -0.3 is 24.3 Å². The van der Waals surface area contributed by atoms with Crippen molar-refractivity contribution in [1.82, 2.24) is 14.9 Å². The lowest BCUT2D eigenvalue weighted by Gasteiger charge is -2.32. The molecule has 0 bridgehead atoms. The molecule has 1 amide bonds. The number of anilines is 2. The van der Waals surface area contributed by atoms with E-state index in [1.54, 1.807) is 18.2 Å². The second-order valence-corrected chi connectivity index (χ2v) is 7.64. The first-order valence-electron chi connectivity index (χ1n) is 10.1. The summed E-state index contributed by atoms with van der Waals surface area (Å²) in [7, 11) is 3.58. The number of piperazine rings is 1. The van der Waals surface area contributed by atoms with Gasteiger partial charge in [0, 0.05) is 31.6 Å². The molecule has 0 aliphatic carbocycles. The number of amides is 1. The summed E-state index contributed by atoms with van der Waals surface area (Å²) in [5, 5.41) is 3.38. The van der Waals surface area contributed by atoms with E-state index < -0.39 is 11.5 Å². The van der Waals surface area contributed by atoms with Crippen LogP contribution in [0.15, 0.2) is 33.5 Å². The number of carbonyl (C=O) groups is 1. The zero-order valence-electron chi connectivity index (χ0n) is 18.1. The maximum atomic E-state index is 12.9. The first kappa shape index (κ1) is 20.8. The summed E-state index contributed by atoms with van der Waals surface area (Å²) in [4.78, 5) is 38.9. The van der Waals surface area contributed by atoms with Gasteiger partial charge in [-0.05, 0) is 33.0 Å². The predicted octanol–water partition coefficient (Wildman–Crippen LogP) is 2.21. The van der Waals surface area contributed by atoms with Crippen molar-refractivity contribution < 1.29 is 13.9 Å². The summed E-state index contributed by atoms with van der Waals surface area (Å²) in [5.74, 6) is 0.514. The van der Waals surface area contributed by atoms with Gasteiger partial charge in [-0.15, -0.1) is 0 Å². The second-order valence-electron chi connectivity index (χ2n) is 7.64. The van der Waals surface area contributed by atoms with Crippen molar-refractivity contribution >= 4 is 28.5 Å². The highest BCUT2D eigenvalue weighted by Gasteiger charge is 2.21. The van der Waals surface area contributed by atoms with Crippen LogP contribution in [-0.4, -0.2) is 61.1 Å². The van der Waals surface area contributed by atoms with Gasteiger partial charge in [-0.3, -0.25) is 4.79 Å². The number of aryl methyl sites for hydroxylation is 2. The van der Waals surface area contributed by atoms with E-state index in [1.807, 2.05) is 13.8 Å². The molecular formula is C22H25N5O4. The third-order valence-corrected chi connectivity index (χ3v) is 5.47. The van der Waals surface area contributed by atoms with Crippen LogP contribution in [0.1, 0.15) is 21.7 Å². The fourth-order valence-corrected chi connectivity index (χ4v) is 3.65. The van der Waals surface area contributed by atoms with Crippen LogP contribution < -0.4 is 20.6 Å². The van der Waals surface area contributed by atoms with Crippen molar-refractivity contribution in [3.8, 4) is 5.75 Å². The van der Waals surface area contributed by atoms with Crippen molar-refractivity contribution in [2.24, 2.45) is 0 Å². The summed E-state index contributed by atoms with van der Waals surface area (Å²) in [5.41, 5.74) is 1.25. The smallest absolute Gasteiger partial charge is 0.349 e. The maximum absolute atomic E-state index is 12.9. The van der Waals surface area contributed by atoms with Crippen LogP contribution >= 0.6 is 0 Å². The molecule has 2 aromatic heterocycles. The van der Waals surface area contributed by atoms with Crippen molar-refractivity contribution in [1.29, 1.82) is 0 Å². The Morgan fingerprint density at radius 1 is 1.13 bits per heavy atom. The lowest BCUT2D eigenvalue weighted by Crippen LogP contribution is -2.45. The van der Waals surface area contributed by atoms with E-state index in [4.69, 9.17) is 9.15 Å². The summed E-state index contributed by atoms with van der Waals surface area (Å²) in [6.45, 7) is 7.23. The molecule has 1 aromatic carbocycles. The molecule has 162 valence electrons. The molecule has 1 fully saturated rings. The third kappa shape index (κ3) is 4.09. The number of likely N-dealkylation sites (N-methyl/N-ethyl adjacent to an activating group) is 1. The summed E-state index contributed by atoms with van der Waals surface area (Å²) in [6, 6.07) is 6.71. The van der Waals surface area contributed by atoms with E-state index in [9.17, 15) is 9.59 Å². The molecule has 0 saturated carbocycles. The Morgan fingerprint density at radius 3 is 2.45 bits per heavy atom. The molecule has 31 heavy (non-hydrogen) atoms. The van der Waals surface area contributed by atoms with Gasteiger partial charge in [0.25, 0.3) is 5.91 Å². The van der Waals surface area contributed by atoms with Crippen LogP contribution in [-0.2, 0) is 0 Å². The van der Waals surface area contributed by atoms with Gasteiger partial charge in [0.1, 0.15) is 5.56 Å². The highest BCUT2D eigenvalue weighted by molar-refractivity contribution is 6.06. The highest BCUT2D eigenvalue weighted by Crippen LogP contribution is 2.25. The van der Waals surface area contributed by atoms with Crippen molar-refractivity contribution in [2.75, 3.05) is 50.6 Å². The molecule has 0 radical (unpaired) electrons. The third-order valence-electron chi connectivity index (χ3n) is 5.47. The van der Waals surface area contributed by atoms with Crippen LogP contribution in [0.3, 0.4) is 0 Å². The van der Waals surface area contributed by atoms with E-state index in [2.05, 4.69) is 32.1 Å². The van der Waals surface area contributed by atoms with Crippen LogP contribution in [0.2, 0.25) is 0 Å². The number of fused-ring (bicyclic) bond motifs is 1. The number of para-hydroxylation sites is 1. The van der Waals surface area contributed by atoms with Gasteiger partial charge in [-0.2, -0.15) is 0 Å². The largest absolute Gasteiger partial charge is 0.493 e. The van der Waals surface area contributed by atoms with Gasteiger partial charge in [-0.1, -0.05) is 12.1 Å². The average Bonchev–Trinajstić information content (AvgIpc) is 2.75. The first-order chi connectivity index (χ1) is 14.9. The average molecular weight is 423 g/mol. The number of hydrogen-bond donors (Lipinski definition) is 1. The van der Waals surface area contributed by atoms with Gasteiger partial charge in [0.2, 0.25) is 5.95 Å². The van der Waals surface area contributed by atoms with Crippen LogP contribution in [0, 0.1) is 13.8 Å². The molecule has 0 spiro atoms. The van der Waals surface area contributed by atoms with Crippen molar-refractivity contribution in [2.45, 2.75) is 13.8 Å². The number of benzene rings is 1. The molecule has 9 heteroatoms. The molecule has 0 atom stereocenters. The molecule has 1 N–H and O–H groups in total. The van der Waals surface area contributed by atoms with Gasteiger partial charge >= 0.3 is 5.63 Å². The number of rotatable bonds is 4. The first-order valence-corrected chi connectivity index (χ1v) is 10.1. The molecule has 1 saturated heterocycles. The lowest BCUT2D eigenvalue weighted by molar-refractivity contribution is 0.102. The molecule has 1 aliphatic rings. The zero-order chi connectivity index (χ0) is 22.1. The highest BCUT2D eigenvalue weighted by atomic mass is 16.5. The van der Waals surface area contributed by atoms with Crippen molar-refractivity contribution in [3.05, 3.63) is 51.6 Å². The van der Waals surface area contributed by atoms with E-state index in [0.717, 1.165) is 26.2 Å². The second kappa shape index (κ2) is 8.35. The Bertz CT molecular complexity index is 1180. The van der Waals surface area contributed by atoms with Crippen molar-refractivity contribution in [3.63, 3.8) is 0 Å². The van der Waals surface area contributed by atoms with Gasteiger partial charge in [0.05, 0.1) is 24.2 Å². The van der Waals surface area contributed by atoms with E-state index >= 15 is 0 Å². The Kier molecular flexibility index (Phi) is 5.60.